The van der Waals surface area contributed by atoms with Gasteiger partial charge < -0.3 is 10.4 Å². The first kappa shape index (κ1) is 16.9. The van der Waals surface area contributed by atoms with Crippen LogP contribution < -0.4 is 5.32 Å². The minimum atomic E-state index is -0.801. The average molecular weight is 335 g/mol. The zero-order valence-corrected chi connectivity index (χ0v) is 14.1. The molecule has 1 amide bonds. The van der Waals surface area contributed by atoms with Crippen molar-refractivity contribution in [2.24, 2.45) is 0 Å². The highest BCUT2D eigenvalue weighted by atomic mass is 16.3. The molecule has 0 spiro atoms. The highest BCUT2D eigenvalue weighted by Crippen LogP contribution is 2.17. The number of carbonyl (C=O) groups is 1. The van der Waals surface area contributed by atoms with E-state index in [9.17, 15) is 9.90 Å². The van der Waals surface area contributed by atoms with Crippen molar-refractivity contribution < 1.29 is 9.90 Å². The fraction of sp³-hybridized carbons (Fsp3) is 0.200. The highest BCUT2D eigenvalue weighted by molar-refractivity contribution is 5.76. The van der Waals surface area contributed by atoms with Gasteiger partial charge in [0.2, 0.25) is 5.91 Å². The Balaban J connectivity index is 1.63. The van der Waals surface area contributed by atoms with Crippen LogP contribution in [0.15, 0.2) is 66.9 Å². The van der Waals surface area contributed by atoms with Gasteiger partial charge in [-0.3, -0.25) is 4.79 Å². The second-order valence-corrected chi connectivity index (χ2v) is 5.94. The van der Waals surface area contributed by atoms with E-state index in [1.807, 2.05) is 73.8 Å². The van der Waals surface area contributed by atoms with Crippen molar-refractivity contribution in [1.82, 2.24) is 15.1 Å². The number of hydrogen-bond donors (Lipinski definition) is 2. The quantitative estimate of drug-likeness (QED) is 0.728. The smallest absolute Gasteiger partial charge is 0.223 e. The third kappa shape index (κ3) is 4.33. The van der Waals surface area contributed by atoms with E-state index in [4.69, 9.17) is 0 Å². The molecule has 5 heteroatoms. The number of aryl methyl sites for hydroxylation is 1. The zero-order valence-electron chi connectivity index (χ0n) is 14.1. The number of benzene rings is 2. The summed E-state index contributed by atoms with van der Waals surface area (Å²) in [6.07, 6.45) is 1.13. The molecule has 3 rings (SSSR count). The minimum absolute atomic E-state index is 0.0348. The number of aliphatic hydroxyl groups is 1. The Hall–Kier alpha value is -2.92. The Morgan fingerprint density at radius 2 is 1.84 bits per heavy atom. The third-order valence-electron chi connectivity index (χ3n) is 4.00. The lowest BCUT2D eigenvalue weighted by Gasteiger charge is -2.13. The van der Waals surface area contributed by atoms with Gasteiger partial charge in [0.25, 0.3) is 0 Å². The highest BCUT2D eigenvalue weighted by Gasteiger charge is 2.13. The molecule has 1 aromatic heterocycles. The van der Waals surface area contributed by atoms with E-state index < -0.39 is 6.10 Å². The van der Waals surface area contributed by atoms with Crippen molar-refractivity contribution in [2.45, 2.75) is 26.0 Å². The SMILES string of the molecule is Cc1ccn(-c2ccccc2CNC(=O)CC(O)c2ccccc2)n1. The van der Waals surface area contributed by atoms with Crippen LogP contribution in [0.4, 0.5) is 0 Å². The maximum absolute atomic E-state index is 12.2. The van der Waals surface area contributed by atoms with Crippen molar-refractivity contribution >= 4 is 5.91 Å². The predicted molar refractivity (Wildman–Crippen MR) is 96.2 cm³/mol. The molecule has 1 heterocycles. The molecular formula is C20H21N3O2. The normalized spacial score (nSPS) is 11.9. The summed E-state index contributed by atoms with van der Waals surface area (Å²) >= 11 is 0. The summed E-state index contributed by atoms with van der Waals surface area (Å²) in [5.74, 6) is -0.192. The largest absolute Gasteiger partial charge is 0.388 e. The predicted octanol–water partition coefficient (Wildman–Crippen LogP) is 2.92. The summed E-state index contributed by atoms with van der Waals surface area (Å²) in [7, 11) is 0. The Labute approximate surface area is 146 Å². The monoisotopic (exact) mass is 335 g/mol. The van der Waals surface area contributed by atoms with Crippen LogP contribution in [-0.2, 0) is 11.3 Å². The number of nitrogens with zero attached hydrogens (tertiary/aromatic N) is 2. The fourth-order valence-electron chi connectivity index (χ4n) is 2.67. The molecule has 1 unspecified atom stereocenters. The van der Waals surface area contributed by atoms with Gasteiger partial charge in [-0.15, -0.1) is 0 Å². The lowest BCUT2D eigenvalue weighted by Crippen LogP contribution is -2.25. The number of amides is 1. The lowest BCUT2D eigenvalue weighted by atomic mass is 10.1. The molecular weight excluding hydrogens is 314 g/mol. The van der Waals surface area contributed by atoms with Gasteiger partial charge in [0.1, 0.15) is 0 Å². The van der Waals surface area contributed by atoms with E-state index in [1.54, 1.807) is 4.68 Å². The number of carbonyl (C=O) groups excluding carboxylic acids is 1. The maximum atomic E-state index is 12.2. The summed E-state index contributed by atoms with van der Waals surface area (Å²) in [5, 5.41) is 17.4. The number of rotatable bonds is 6. The van der Waals surface area contributed by atoms with Gasteiger partial charge in [0.05, 0.1) is 23.9 Å². The van der Waals surface area contributed by atoms with Gasteiger partial charge in [-0.2, -0.15) is 5.10 Å². The first-order valence-electron chi connectivity index (χ1n) is 8.24. The topological polar surface area (TPSA) is 67.2 Å². The van der Waals surface area contributed by atoms with Gasteiger partial charge in [-0.1, -0.05) is 48.5 Å². The van der Waals surface area contributed by atoms with E-state index in [-0.39, 0.29) is 12.3 Å². The molecule has 0 bridgehead atoms. The van der Waals surface area contributed by atoms with Crippen LogP contribution in [0.5, 0.6) is 0 Å². The molecule has 5 nitrogen and oxygen atoms in total. The Bertz CT molecular complexity index is 843. The van der Waals surface area contributed by atoms with E-state index in [1.165, 1.54) is 0 Å². The van der Waals surface area contributed by atoms with Crippen LogP contribution in [0.2, 0.25) is 0 Å². The van der Waals surface area contributed by atoms with Crippen molar-refractivity contribution in [2.75, 3.05) is 0 Å². The molecule has 0 saturated carbocycles. The van der Waals surface area contributed by atoms with Gasteiger partial charge in [0.15, 0.2) is 0 Å². The van der Waals surface area contributed by atoms with Crippen LogP contribution in [-0.4, -0.2) is 20.8 Å². The van der Waals surface area contributed by atoms with Crippen molar-refractivity contribution in [3.8, 4) is 5.69 Å². The van der Waals surface area contributed by atoms with Crippen LogP contribution in [0.1, 0.15) is 29.3 Å². The van der Waals surface area contributed by atoms with E-state index in [0.29, 0.717) is 6.54 Å². The molecule has 128 valence electrons. The number of aromatic nitrogens is 2. The zero-order chi connectivity index (χ0) is 17.6. The first-order valence-corrected chi connectivity index (χ1v) is 8.24. The molecule has 2 aromatic carbocycles. The second kappa shape index (κ2) is 7.77. The Kier molecular flexibility index (Phi) is 5.26. The fourth-order valence-corrected chi connectivity index (χ4v) is 2.67. The summed E-state index contributed by atoms with van der Waals surface area (Å²) < 4.78 is 1.80. The van der Waals surface area contributed by atoms with Crippen LogP contribution >= 0.6 is 0 Å². The third-order valence-corrected chi connectivity index (χ3v) is 4.00. The van der Waals surface area contributed by atoms with Crippen molar-refractivity contribution in [1.29, 1.82) is 0 Å². The van der Waals surface area contributed by atoms with Gasteiger partial charge in [-0.25, -0.2) is 4.68 Å². The van der Waals surface area contributed by atoms with E-state index >= 15 is 0 Å². The summed E-state index contributed by atoms with van der Waals surface area (Å²) in [6, 6.07) is 18.9. The Morgan fingerprint density at radius 1 is 1.12 bits per heavy atom. The summed E-state index contributed by atoms with van der Waals surface area (Å²) in [5.41, 5.74) is 3.57. The summed E-state index contributed by atoms with van der Waals surface area (Å²) in [4.78, 5) is 12.2. The molecule has 0 saturated heterocycles. The summed E-state index contributed by atoms with van der Waals surface area (Å²) in [6.45, 7) is 2.32. The van der Waals surface area contributed by atoms with Gasteiger partial charge in [0, 0.05) is 12.7 Å². The number of nitrogens with one attached hydrogen (secondary N) is 1. The molecule has 0 aliphatic rings. The van der Waals surface area contributed by atoms with Crippen LogP contribution in [0, 0.1) is 6.92 Å². The minimum Gasteiger partial charge on any atom is -0.388 e. The number of para-hydroxylation sites is 1. The lowest BCUT2D eigenvalue weighted by molar-refractivity contribution is -0.123. The molecule has 0 aliphatic carbocycles. The number of hydrogen-bond acceptors (Lipinski definition) is 3. The molecule has 0 aliphatic heterocycles. The molecule has 1 atom stereocenters. The molecule has 0 radical (unpaired) electrons. The van der Waals surface area contributed by atoms with E-state index in [2.05, 4.69) is 10.4 Å². The standard InChI is InChI=1S/C20H21N3O2/c1-15-11-12-23(22-15)18-10-6-5-9-17(18)14-21-20(25)13-19(24)16-7-3-2-4-8-16/h2-12,19,24H,13-14H2,1H3,(H,21,25). The molecule has 3 aromatic rings. The van der Waals surface area contributed by atoms with Crippen LogP contribution in [0.3, 0.4) is 0 Å². The Morgan fingerprint density at radius 3 is 2.56 bits per heavy atom. The van der Waals surface area contributed by atoms with E-state index in [0.717, 1.165) is 22.5 Å². The average Bonchev–Trinajstić information content (AvgIpc) is 3.07. The molecule has 0 fully saturated rings. The molecule has 25 heavy (non-hydrogen) atoms. The van der Waals surface area contributed by atoms with Crippen molar-refractivity contribution in [3.05, 3.63) is 83.7 Å². The first-order chi connectivity index (χ1) is 12.1. The second-order valence-electron chi connectivity index (χ2n) is 5.94. The van der Waals surface area contributed by atoms with Gasteiger partial charge >= 0.3 is 0 Å². The van der Waals surface area contributed by atoms with Gasteiger partial charge in [-0.05, 0) is 30.2 Å². The maximum Gasteiger partial charge on any atom is 0.223 e. The van der Waals surface area contributed by atoms with Crippen molar-refractivity contribution in [3.63, 3.8) is 0 Å². The number of aliphatic hydroxyl groups excluding tert-OH is 1. The van der Waals surface area contributed by atoms with Crippen LogP contribution in [0.25, 0.3) is 5.69 Å². The molecule has 2 N–H and O–H groups in total.